The third-order valence-electron chi connectivity index (χ3n) is 3.83. The van der Waals surface area contributed by atoms with E-state index in [1.54, 1.807) is 12.1 Å². The fourth-order valence-electron chi connectivity index (χ4n) is 2.58. The summed E-state index contributed by atoms with van der Waals surface area (Å²) in [7, 11) is 0. The Labute approximate surface area is 172 Å². The molecule has 150 valence electrons. The van der Waals surface area contributed by atoms with Crippen LogP contribution in [0.2, 0.25) is 0 Å². The average Bonchev–Trinajstić information content (AvgIpc) is 2.89. The van der Waals surface area contributed by atoms with Gasteiger partial charge < -0.3 is 9.84 Å². The first-order valence-corrected chi connectivity index (χ1v) is 9.29. The highest BCUT2D eigenvalue weighted by molar-refractivity contribution is 8.26. The van der Waals surface area contributed by atoms with Gasteiger partial charge in [-0.3, -0.25) is 9.69 Å². The van der Waals surface area contributed by atoms with E-state index in [1.165, 1.54) is 41.3 Å². The highest BCUT2D eigenvalue weighted by Crippen LogP contribution is 2.35. The van der Waals surface area contributed by atoms with Crippen molar-refractivity contribution in [2.24, 2.45) is 0 Å². The number of halogens is 3. The maximum absolute atomic E-state index is 12.7. The average molecular weight is 439 g/mol. The van der Waals surface area contributed by atoms with E-state index in [4.69, 9.17) is 17.3 Å². The number of nitrogens with zero attached hydrogens (tertiary/aromatic N) is 1. The van der Waals surface area contributed by atoms with Crippen molar-refractivity contribution in [2.75, 3.05) is 0 Å². The summed E-state index contributed by atoms with van der Waals surface area (Å²) in [5.74, 6) is -2.00. The molecule has 1 aliphatic rings. The lowest BCUT2D eigenvalue weighted by Crippen LogP contribution is -2.28. The molecule has 0 radical (unpaired) electrons. The Kier molecular flexibility index (Phi) is 5.94. The van der Waals surface area contributed by atoms with Crippen molar-refractivity contribution in [3.8, 4) is 5.75 Å². The summed E-state index contributed by atoms with van der Waals surface area (Å²) in [5.41, 5.74) is 0.703. The van der Waals surface area contributed by atoms with Crippen molar-refractivity contribution in [3.05, 3.63) is 70.1 Å². The van der Waals surface area contributed by atoms with E-state index in [0.717, 1.165) is 17.8 Å². The SMILES string of the molecule is O=C(O)c1cccc(/C=C2\SC(=S)N(Cc3ccccc3OC(F)(F)F)C2=O)c1. The second kappa shape index (κ2) is 8.26. The minimum Gasteiger partial charge on any atom is -0.478 e. The molecule has 0 atom stereocenters. The zero-order valence-electron chi connectivity index (χ0n) is 14.5. The molecule has 3 rings (SSSR count). The van der Waals surface area contributed by atoms with Crippen molar-refractivity contribution in [2.45, 2.75) is 12.9 Å². The van der Waals surface area contributed by atoms with Gasteiger partial charge in [0.1, 0.15) is 10.1 Å². The van der Waals surface area contributed by atoms with E-state index in [1.807, 2.05) is 0 Å². The first-order valence-electron chi connectivity index (χ1n) is 8.06. The Morgan fingerprint density at radius 3 is 2.62 bits per heavy atom. The standard InChI is InChI=1S/C19H12F3NO4S2/c20-19(21,22)27-14-7-2-1-5-13(14)10-23-16(24)15(29-18(23)28)9-11-4-3-6-12(8-11)17(25)26/h1-9H,10H2,(H,25,26)/b15-9-. The van der Waals surface area contributed by atoms with Gasteiger partial charge in [0.25, 0.3) is 5.91 Å². The highest BCUT2D eigenvalue weighted by atomic mass is 32.2. The number of alkyl halides is 3. The summed E-state index contributed by atoms with van der Waals surface area (Å²) >= 11 is 6.19. The lowest BCUT2D eigenvalue weighted by atomic mass is 10.1. The molecular weight excluding hydrogens is 427 g/mol. The van der Waals surface area contributed by atoms with Gasteiger partial charge in [-0.25, -0.2) is 4.79 Å². The van der Waals surface area contributed by atoms with Gasteiger partial charge in [-0.2, -0.15) is 0 Å². The molecule has 0 unspecified atom stereocenters. The number of aromatic carboxylic acids is 1. The van der Waals surface area contributed by atoms with Crippen LogP contribution < -0.4 is 4.74 Å². The molecule has 0 aliphatic carbocycles. The lowest BCUT2D eigenvalue weighted by molar-refractivity contribution is -0.274. The van der Waals surface area contributed by atoms with Crippen LogP contribution in [0.4, 0.5) is 13.2 Å². The second-order valence-corrected chi connectivity index (χ2v) is 7.53. The van der Waals surface area contributed by atoms with Crippen LogP contribution in [0.3, 0.4) is 0 Å². The van der Waals surface area contributed by atoms with Crippen LogP contribution in [0.25, 0.3) is 6.08 Å². The van der Waals surface area contributed by atoms with Gasteiger partial charge in [-0.15, -0.1) is 13.2 Å². The first kappa shape index (κ1) is 20.9. The predicted molar refractivity (Wildman–Crippen MR) is 105 cm³/mol. The van der Waals surface area contributed by atoms with Crippen LogP contribution in [-0.2, 0) is 11.3 Å². The van der Waals surface area contributed by atoms with E-state index < -0.39 is 24.0 Å². The van der Waals surface area contributed by atoms with Crippen LogP contribution in [0, 0.1) is 0 Å². The number of thioether (sulfide) groups is 1. The highest BCUT2D eigenvalue weighted by Gasteiger charge is 2.35. The lowest BCUT2D eigenvalue weighted by Gasteiger charge is -2.18. The maximum Gasteiger partial charge on any atom is 0.573 e. The predicted octanol–water partition coefficient (Wildman–Crippen LogP) is 4.68. The number of carboxylic acid groups (broad SMARTS) is 1. The van der Waals surface area contributed by atoms with Crippen LogP contribution in [-0.4, -0.2) is 32.6 Å². The minimum atomic E-state index is -4.86. The Morgan fingerprint density at radius 2 is 1.93 bits per heavy atom. The summed E-state index contributed by atoms with van der Waals surface area (Å²) in [6, 6.07) is 11.5. The maximum atomic E-state index is 12.7. The topological polar surface area (TPSA) is 66.8 Å². The molecule has 0 aromatic heterocycles. The van der Waals surface area contributed by atoms with Crippen molar-refractivity contribution in [3.63, 3.8) is 0 Å². The number of hydrogen-bond donors (Lipinski definition) is 1. The van der Waals surface area contributed by atoms with Crippen molar-refractivity contribution < 1.29 is 32.6 Å². The quantitative estimate of drug-likeness (QED) is 0.539. The zero-order valence-corrected chi connectivity index (χ0v) is 16.1. The van der Waals surface area contributed by atoms with Gasteiger partial charge in [-0.05, 0) is 29.8 Å². The van der Waals surface area contributed by atoms with Crippen molar-refractivity contribution in [1.82, 2.24) is 4.90 Å². The van der Waals surface area contributed by atoms with Crippen LogP contribution in [0.15, 0.2) is 53.4 Å². The third-order valence-corrected chi connectivity index (χ3v) is 5.21. The smallest absolute Gasteiger partial charge is 0.478 e. The molecule has 1 saturated heterocycles. The summed E-state index contributed by atoms with van der Waals surface area (Å²) in [5, 5.41) is 9.06. The number of carbonyl (C=O) groups is 2. The minimum absolute atomic E-state index is 0.0625. The fourth-order valence-corrected chi connectivity index (χ4v) is 3.83. The van der Waals surface area contributed by atoms with E-state index >= 15 is 0 Å². The van der Waals surface area contributed by atoms with E-state index in [0.29, 0.717) is 5.56 Å². The third kappa shape index (κ3) is 5.15. The van der Waals surface area contributed by atoms with Gasteiger partial charge in [-0.1, -0.05) is 54.3 Å². The number of para-hydroxylation sites is 1. The summed E-state index contributed by atoms with van der Waals surface area (Å²) < 4.78 is 42.0. The molecule has 1 amide bonds. The molecule has 1 N–H and O–H groups in total. The molecule has 0 spiro atoms. The number of ether oxygens (including phenoxy) is 1. The molecule has 29 heavy (non-hydrogen) atoms. The molecule has 2 aromatic carbocycles. The first-order chi connectivity index (χ1) is 13.6. The summed E-state index contributed by atoms with van der Waals surface area (Å²) in [4.78, 5) is 25.2. The Balaban J connectivity index is 1.84. The Morgan fingerprint density at radius 1 is 1.21 bits per heavy atom. The number of carbonyl (C=O) groups excluding carboxylic acids is 1. The molecule has 5 nitrogen and oxygen atoms in total. The number of hydrogen-bond acceptors (Lipinski definition) is 5. The van der Waals surface area contributed by atoms with E-state index in [-0.39, 0.29) is 26.9 Å². The monoisotopic (exact) mass is 439 g/mol. The van der Waals surface area contributed by atoms with Gasteiger partial charge in [0, 0.05) is 5.56 Å². The second-order valence-electron chi connectivity index (χ2n) is 5.85. The molecule has 0 bridgehead atoms. The summed E-state index contributed by atoms with van der Waals surface area (Å²) in [6.45, 7) is -0.191. The Hall–Kier alpha value is -2.85. The summed E-state index contributed by atoms with van der Waals surface area (Å²) in [6.07, 6.45) is -3.37. The largest absolute Gasteiger partial charge is 0.573 e. The zero-order chi connectivity index (χ0) is 21.2. The molecule has 10 heteroatoms. The molecule has 1 aliphatic heterocycles. The van der Waals surface area contributed by atoms with Gasteiger partial charge >= 0.3 is 12.3 Å². The molecule has 2 aromatic rings. The molecule has 0 saturated carbocycles. The van der Waals surface area contributed by atoms with Gasteiger partial charge in [0.05, 0.1) is 17.0 Å². The normalized spacial score (nSPS) is 15.8. The fraction of sp³-hybridized carbons (Fsp3) is 0.105. The van der Waals surface area contributed by atoms with Gasteiger partial charge in [0.2, 0.25) is 0 Å². The van der Waals surface area contributed by atoms with Crippen molar-refractivity contribution >= 4 is 46.3 Å². The molecule has 1 fully saturated rings. The van der Waals surface area contributed by atoms with E-state index in [9.17, 15) is 22.8 Å². The Bertz CT molecular complexity index is 1020. The number of benzene rings is 2. The van der Waals surface area contributed by atoms with E-state index in [2.05, 4.69) is 4.74 Å². The number of carboxylic acids is 1. The number of amides is 1. The van der Waals surface area contributed by atoms with Crippen LogP contribution in [0.5, 0.6) is 5.75 Å². The number of thiocarbonyl (C=S) groups is 1. The van der Waals surface area contributed by atoms with Crippen LogP contribution >= 0.6 is 24.0 Å². The van der Waals surface area contributed by atoms with Gasteiger partial charge in [0.15, 0.2) is 0 Å². The van der Waals surface area contributed by atoms with Crippen LogP contribution in [0.1, 0.15) is 21.5 Å². The number of rotatable bonds is 5. The molecular formula is C19H12F3NO4S2. The van der Waals surface area contributed by atoms with Crippen molar-refractivity contribution in [1.29, 1.82) is 0 Å². The molecule has 1 heterocycles.